The molecule has 0 aliphatic carbocycles. The van der Waals surface area contributed by atoms with Gasteiger partial charge >= 0.3 is 0 Å². The van der Waals surface area contributed by atoms with Gasteiger partial charge < -0.3 is 4.90 Å². The van der Waals surface area contributed by atoms with Gasteiger partial charge in [-0.15, -0.1) is 10.2 Å². The second kappa shape index (κ2) is 9.00. The zero-order valence-corrected chi connectivity index (χ0v) is 18.5. The van der Waals surface area contributed by atoms with Crippen LogP contribution in [-0.4, -0.2) is 49.4 Å². The number of aryl methyl sites for hydroxylation is 2. The predicted octanol–water partition coefficient (Wildman–Crippen LogP) is 4.30. The highest BCUT2D eigenvalue weighted by Gasteiger charge is 2.22. The quantitative estimate of drug-likeness (QED) is 0.575. The van der Waals surface area contributed by atoms with Gasteiger partial charge in [-0.25, -0.2) is 0 Å². The van der Waals surface area contributed by atoms with Crippen molar-refractivity contribution in [3.05, 3.63) is 53.9 Å². The van der Waals surface area contributed by atoms with E-state index in [9.17, 15) is 4.79 Å². The number of rotatable bonds is 5. The van der Waals surface area contributed by atoms with Crippen LogP contribution >= 0.6 is 11.8 Å². The van der Waals surface area contributed by atoms with E-state index in [0.29, 0.717) is 11.7 Å². The van der Waals surface area contributed by atoms with Crippen molar-refractivity contribution in [1.82, 2.24) is 24.6 Å². The summed E-state index contributed by atoms with van der Waals surface area (Å²) in [7, 11) is 0. The van der Waals surface area contributed by atoms with Gasteiger partial charge in [0.25, 0.3) is 0 Å². The van der Waals surface area contributed by atoms with Gasteiger partial charge in [0.15, 0.2) is 11.0 Å². The predicted molar refractivity (Wildman–Crippen MR) is 120 cm³/mol. The first-order valence-corrected chi connectivity index (χ1v) is 11.4. The lowest BCUT2D eigenvalue weighted by atomic mass is 9.99. The van der Waals surface area contributed by atoms with Crippen LogP contribution in [0.25, 0.3) is 17.1 Å². The van der Waals surface area contributed by atoms with Gasteiger partial charge in [-0.3, -0.25) is 14.3 Å². The summed E-state index contributed by atoms with van der Waals surface area (Å²) in [6, 6.07) is 10.2. The number of thioether (sulfide) groups is 1. The minimum absolute atomic E-state index is 0.173. The summed E-state index contributed by atoms with van der Waals surface area (Å²) in [4.78, 5) is 18.8. The van der Waals surface area contributed by atoms with Gasteiger partial charge in [0.2, 0.25) is 5.91 Å². The molecule has 1 aliphatic rings. The van der Waals surface area contributed by atoms with Gasteiger partial charge in [0.05, 0.1) is 11.4 Å². The van der Waals surface area contributed by atoms with E-state index in [0.717, 1.165) is 48.2 Å². The number of pyridine rings is 1. The van der Waals surface area contributed by atoms with Gasteiger partial charge in [-0.1, -0.05) is 24.8 Å². The molecular formula is C23H27N5OS. The van der Waals surface area contributed by atoms with Crippen LogP contribution in [0.3, 0.4) is 0 Å². The maximum absolute atomic E-state index is 12.7. The molecule has 0 N–H and O–H groups in total. The van der Waals surface area contributed by atoms with E-state index >= 15 is 0 Å². The van der Waals surface area contributed by atoms with Crippen LogP contribution in [0.5, 0.6) is 0 Å². The molecule has 0 unspecified atom stereocenters. The number of likely N-dealkylation sites (tertiary alicyclic amines) is 1. The number of hydrogen-bond acceptors (Lipinski definition) is 5. The topological polar surface area (TPSA) is 63.9 Å². The van der Waals surface area contributed by atoms with E-state index in [4.69, 9.17) is 0 Å². The van der Waals surface area contributed by atoms with Crippen LogP contribution in [-0.2, 0) is 4.79 Å². The van der Waals surface area contributed by atoms with Crippen LogP contribution < -0.4 is 0 Å². The Kier molecular flexibility index (Phi) is 6.18. The van der Waals surface area contributed by atoms with E-state index < -0.39 is 0 Å². The lowest BCUT2D eigenvalue weighted by molar-refractivity contribution is -0.129. The Morgan fingerprint density at radius 2 is 1.80 bits per heavy atom. The average molecular weight is 422 g/mol. The van der Waals surface area contributed by atoms with Crippen molar-refractivity contribution >= 4 is 17.7 Å². The molecule has 1 aliphatic heterocycles. The fourth-order valence-electron chi connectivity index (χ4n) is 3.62. The fourth-order valence-corrected chi connectivity index (χ4v) is 4.48. The molecule has 0 radical (unpaired) electrons. The molecule has 0 atom stereocenters. The molecule has 4 rings (SSSR count). The van der Waals surface area contributed by atoms with Crippen molar-refractivity contribution in [2.45, 2.75) is 38.8 Å². The normalized spacial score (nSPS) is 14.8. The monoisotopic (exact) mass is 421 g/mol. The lowest BCUT2D eigenvalue weighted by Crippen LogP contribution is -2.38. The van der Waals surface area contributed by atoms with Gasteiger partial charge in [-0.2, -0.15) is 0 Å². The number of carbonyl (C=O) groups excluding carboxylic acids is 1. The zero-order valence-electron chi connectivity index (χ0n) is 17.7. The smallest absolute Gasteiger partial charge is 0.233 e. The molecule has 156 valence electrons. The summed E-state index contributed by atoms with van der Waals surface area (Å²) in [6.07, 6.45) is 5.67. The van der Waals surface area contributed by atoms with Crippen molar-refractivity contribution in [1.29, 1.82) is 0 Å². The molecule has 0 bridgehead atoms. The van der Waals surface area contributed by atoms with Crippen LogP contribution in [0.1, 0.15) is 30.9 Å². The van der Waals surface area contributed by atoms with E-state index in [1.54, 1.807) is 12.4 Å². The van der Waals surface area contributed by atoms with Gasteiger partial charge in [0, 0.05) is 31.0 Å². The summed E-state index contributed by atoms with van der Waals surface area (Å²) in [5, 5.41) is 9.62. The standard InChI is InChI=1S/C23H27N5OS/c1-16-8-12-27(13-9-16)21(29)15-30-23-26-25-22(19-6-10-24-11-7-19)28(23)20-5-4-17(2)18(3)14-20/h4-7,10-11,14,16H,8-9,12-13,15H2,1-3H3. The summed E-state index contributed by atoms with van der Waals surface area (Å²) in [5.74, 6) is 2.00. The third-order valence-corrected chi connectivity index (χ3v) is 6.70. The van der Waals surface area contributed by atoms with Crippen molar-refractivity contribution in [3.63, 3.8) is 0 Å². The molecule has 7 heteroatoms. The number of nitrogens with zero attached hydrogens (tertiary/aromatic N) is 5. The Morgan fingerprint density at radius 3 is 2.50 bits per heavy atom. The Hall–Kier alpha value is -2.67. The lowest BCUT2D eigenvalue weighted by Gasteiger charge is -2.30. The zero-order chi connectivity index (χ0) is 21.1. The van der Waals surface area contributed by atoms with Crippen LogP contribution in [0.15, 0.2) is 47.9 Å². The Morgan fingerprint density at radius 1 is 1.07 bits per heavy atom. The molecular weight excluding hydrogens is 394 g/mol. The number of piperidine rings is 1. The third kappa shape index (κ3) is 4.41. The van der Waals surface area contributed by atoms with E-state index in [-0.39, 0.29) is 5.91 Å². The highest BCUT2D eigenvalue weighted by molar-refractivity contribution is 7.99. The van der Waals surface area contributed by atoms with Crippen LogP contribution in [0.2, 0.25) is 0 Å². The molecule has 1 amide bonds. The molecule has 1 fully saturated rings. The number of benzene rings is 1. The van der Waals surface area contributed by atoms with E-state index in [1.807, 2.05) is 21.6 Å². The third-order valence-electron chi connectivity index (χ3n) is 5.78. The molecule has 2 aromatic heterocycles. The summed E-state index contributed by atoms with van der Waals surface area (Å²) >= 11 is 1.45. The van der Waals surface area contributed by atoms with E-state index in [1.165, 1.54) is 22.9 Å². The largest absolute Gasteiger partial charge is 0.342 e. The second-order valence-electron chi connectivity index (χ2n) is 8.00. The van der Waals surface area contributed by atoms with Crippen molar-refractivity contribution in [2.24, 2.45) is 5.92 Å². The maximum Gasteiger partial charge on any atom is 0.233 e. The molecule has 30 heavy (non-hydrogen) atoms. The highest BCUT2D eigenvalue weighted by atomic mass is 32.2. The number of carbonyl (C=O) groups is 1. The average Bonchev–Trinajstić information content (AvgIpc) is 3.19. The van der Waals surface area contributed by atoms with Crippen LogP contribution in [0, 0.1) is 19.8 Å². The first kappa shape index (κ1) is 20.6. The first-order chi connectivity index (χ1) is 14.5. The minimum atomic E-state index is 0.173. The minimum Gasteiger partial charge on any atom is -0.342 e. The summed E-state index contributed by atoms with van der Waals surface area (Å²) in [5.41, 5.74) is 4.38. The Bertz CT molecular complexity index is 1030. The van der Waals surface area contributed by atoms with Gasteiger partial charge in [-0.05, 0) is 68.0 Å². The molecule has 0 saturated carbocycles. The summed E-state index contributed by atoms with van der Waals surface area (Å²) in [6.45, 7) is 8.16. The fraction of sp³-hybridized carbons (Fsp3) is 0.391. The molecule has 1 aromatic carbocycles. The van der Waals surface area contributed by atoms with Crippen molar-refractivity contribution < 1.29 is 4.79 Å². The van der Waals surface area contributed by atoms with Gasteiger partial charge in [0.1, 0.15) is 0 Å². The molecule has 1 saturated heterocycles. The molecule has 0 spiro atoms. The second-order valence-corrected chi connectivity index (χ2v) is 8.94. The molecule has 3 heterocycles. The number of aromatic nitrogens is 4. The first-order valence-electron chi connectivity index (χ1n) is 10.4. The molecule has 3 aromatic rings. The number of hydrogen-bond donors (Lipinski definition) is 0. The highest BCUT2D eigenvalue weighted by Crippen LogP contribution is 2.29. The number of amides is 1. The summed E-state index contributed by atoms with van der Waals surface area (Å²) < 4.78 is 2.04. The maximum atomic E-state index is 12.7. The Balaban J connectivity index is 1.62. The van der Waals surface area contributed by atoms with Crippen LogP contribution in [0.4, 0.5) is 0 Å². The molecule has 6 nitrogen and oxygen atoms in total. The van der Waals surface area contributed by atoms with E-state index in [2.05, 4.69) is 54.2 Å². The van der Waals surface area contributed by atoms with Crippen molar-refractivity contribution in [2.75, 3.05) is 18.8 Å². The Labute approximate surface area is 181 Å². The van der Waals surface area contributed by atoms with Crippen molar-refractivity contribution in [3.8, 4) is 17.1 Å². The SMILES string of the molecule is Cc1ccc(-n2c(SCC(=O)N3CCC(C)CC3)nnc2-c2ccncc2)cc1C.